The van der Waals surface area contributed by atoms with Crippen molar-refractivity contribution in [3.63, 3.8) is 0 Å². The number of rotatable bonds is 3. The normalized spacial score (nSPS) is 39.4. The smallest absolute Gasteiger partial charge is 0.199 e. The van der Waals surface area contributed by atoms with Crippen LogP contribution >= 0.6 is 0 Å². The van der Waals surface area contributed by atoms with Crippen LogP contribution in [0.15, 0.2) is 23.5 Å². The summed E-state index contributed by atoms with van der Waals surface area (Å²) in [6.45, 7) is 8.81. The van der Waals surface area contributed by atoms with Crippen LogP contribution in [0.2, 0.25) is 0 Å². The summed E-state index contributed by atoms with van der Waals surface area (Å²) in [5.41, 5.74) is 2.62. The van der Waals surface area contributed by atoms with E-state index in [1.54, 1.807) is 0 Å². The van der Waals surface area contributed by atoms with E-state index in [2.05, 4.69) is 13.0 Å². The first-order valence-corrected chi connectivity index (χ1v) is 8.06. The zero-order valence-electron chi connectivity index (χ0n) is 13.4. The molecule has 2 aliphatic heterocycles. The summed E-state index contributed by atoms with van der Waals surface area (Å²) < 4.78 is 23.7. The van der Waals surface area contributed by atoms with Crippen molar-refractivity contribution in [2.45, 2.75) is 71.2 Å². The van der Waals surface area contributed by atoms with Gasteiger partial charge in [-0.1, -0.05) is 13.0 Å². The third-order valence-corrected chi connectivity index (χ3v) is 4.41. The Morgan fingerprint density at radius 1 is 1.33 bits per heavy atom. The second-order valence-electron chi connectivity index (χ2n) is 6.42. The zero-order chi connectivity index (χ0) is 15.0. The molecule has 2 unspecified atom stereocenters. The molecule has 2 fully saturated rings. The lowest BCUT2D eigenvalue weighted by molar-refractivity contribution is -0.158. The van der Waals surface area contributed by atoms with Crippen LogP contribution < -0.4 is 0 Å². The molecule has 1 saturated heterocycles. The van der Waals surface area contributed by atoms with Crippen molar-refractivity contribution >= 4 is 0 Å². The SMILES string of the molecule is CC/C=C1\C[C@H]2OC(C)(C)O[C@H]2C2CC(OCC)OC=C12. The summed E-state index contributed by atoms with van der Waals surface area (Å²) in [7, 11) is 0. The highest BCUT2D eigenvalue weighted by Crippen LogP contribution is 2.47. The van der Waals surface area contributed by atoms with E-state index in [1.165, 1.54) is 11.1 Å². The van der Waals surface area contributed by atoms with Crippen molar-refractivity contribution in [1.29, 1.82) is 0 Å². The van der Waals surface area contributed by atoms with Gasteiger partial charge in [0, 0.05) is 25.4 Å². The van der Waals surface area contributed by atoms with E-state index in [-0.39, 0.29) is 18.5 Å². The Bertz CT molecular complexity index is 452. The van der Waals surface area contributed by atoms with Gasteiger partial charge in [-0.2, -0.15) is 0 Å². The number of hydrogen-bond acceptors (Lipinski definition) is 4. The van der Waals surface area contributed by atoms with E-state index in [9.17, 15) is 0 Å². The second-order valence-corrected chi connectivity index (χ2v) is 6.42. The molecule has 4 nitrogen and oxygen atoms in total. The molecular weight excluding hydrogens is 268 g/mol. The minimum absolute atomic E-state index is 0.104. The summed E-state index contributed by atoms with van der Waals surface area (Å²) in [5.74, 6) is -0.199. The first-order valence-electron chi connectivity index (χ1n) is 8.06. The lowest BCUT2D eigenvalue weighted by atomic mass is 9.75. The van der Waals surface area contributed by atoms with Crippen molar-refractivity contribution in [2.24, 2.45) is 5.92 Å². The fraction of sp³-hybridized carbons (Fsp3) is 0.765. The maximum atomic E-state index is 6.17. The molecule has 0 N–H and O–H groups in total. The highest BCUT2D eigenvalue weighted by molar-refractivity contribution is 5.38. The van der Waals surface area contributed by atoms with E-state index < -0.39 is 5.79 Å². The molecule has 2 heterocycles. The Hall–Kier alpha value is -0.840. The fourth-order valence-electron chi connectivity index (χ4n) is 3.69. The molecule has 0 bridgehead atoms. The van der Waals surface area contributed by atoms with Gasteiger partial charge in [0.25, 0.3) is 0 Å². The molecule has 0 amide bonds. The quantitative estimate of drug-likeness (QED) is 0.798. The van der Waals surface area contributed by atoms with Crippen LogP contribution in [-0.4, -0.2) is 30.9 Å². The van der Waals surface area contributed by atoms with E-state index in [0.29, 0.717) is 12.5 Å². The van der Waals surface area contributed by atoms with Gasteiger partial charge >= 0.3 is 0 Å². The van der Waals surface area contributed by atoms with Crippen molar-refractivity contribution in [3.05, 3.63) is 23.5 Å². The summed E-state index contributed by atoms with van der Waals surface area (Å²) in [4.78, 5) is 0. The van der Waals surface area contributed by atoms with E-state index in [1.807, 2.05) is 27.0 Å². The first-order chi connectivity index (χ1) is 10.0. The van der Waals surface area contributed by atoms with Crippen molar-refractivity contribution in [2.75, 3.05) is 6.61 Å². The summed E-state index contributed by atoms with van der Waals surface area (Å²) in [6, 6.07) is 0. The van der Waals surface area contributed by atoms with Crippen LogP contribution in [0.3, 0.4) is 0 Å². The van der Waals surface area contributed by atoms with Gasteiger partial charge < -0.3 is 18.9 Å². The molecule has 3 aliphatic rings. The number of ether oxygens (including phenoxy) is 4. The summed E-state index contributed by atoms with van der Waals surface area (Å²) in [5, 5.41) is 0. The third-order valence-electron chi connectivity index (χ3n) is 4.41. The number of allylic oxidation sites excluding steroid dienone is 1. The Morgan fingerprint density at radius 3 is 2.86 bits per heavy atom. The second kappa shape index (κ2) is 5.75. The van der Waals surface area contributed by atoms with Crippen LogP contribution in [0.25, 0.3) is 0 Å². The Kier molecular flexibility index (Phi) is 4.12. The lowest BCUT2D eigenvalue weighted by Gasteiger charge is -2.39. The first kappa shape index (κ1) is 15.1. The molecule has 118 valence electrons. The molecule has 0 aromatic carbocycles. The monoisotopic (exact) mass is 294 g/mol. The molecule has 0 aromatic rings. The van der Waals surface area contributed by atoms with Gasteiger partial charge in [0.05, 0.1) is 18.5 Å². The lowest BCUT2D eigenvalue weighted by Crippen LogP contribution is -2.42. The molecule has 1 saturated carbocycles. The largest absolute Gasteiger partial charge is 0.472 e. The summed E-state index contributed by atoms with van der Waals surface area (Å²) >= 11 is 0. The van der Waals surface area contributed by atoms with Crippen LogP contribution in [0, 0.1) is 5.92 Å². The molecule has 1 aliphatic carbocycles. The standard InChI is InChI=1S/C17H26O4/c1-5-7-11-8-14-16(21-17(3,4)20-14)12-9-15(18-6-2)19-10-13(11)12/h7,10,12,14-16H,5-6,8-9H2,1-4H3/b11-7+/t12?,14-,15?,16+/m1/s1. The maximum Gasteiger partial charge on any atom is 0.199 e. The minimum atomic E-state index is -0.498. The Balaban J connectivity index is 1.88. The van der Waals surface area contributed by atoms with Crippen molar-refractivity contribution in [1.82, 2.24) is 0 Å². The number of fused-ring (bicyclic) bond motifs is 3. The number of hydrogen-bond donors (Lipinski definition) is 0. The highest BCUT2D eigenvalue weighted by atomic mass is 16.8. The average Bonchev–Trinajstić information content (AvgIpc) is 2.74. The van der Waals surface area contributed by atoms with E-state index >= 15 is 0 Å². The van der Waals surface area contributed by atoms with Crippen LogP contribution in [0.5, 0.6) is 0 Å². The van der Waals surface area contributed by atoms with Gasteiger partial charge in [-0.25, -0.2) is 0 Å². The maximum absolute atomic E-state index is 6.17. The predicted molar refractivity (Wildman–Crippen MR) is 79.5 cm³/mol. The molecular formula is C17H26O4. The van der Waals surface area contributed by atoms with E-state index in [4.69, 9.17) is 18.9 Å². The fourth-order valence-corrected chi connectivity index (χ4v) is 3.69. The Morgan fingerprint density at radius 2 is 2.14 bits per heavy atom. The van der Waals surface area contributed by atoms with Crippen molar-refractivity contribution < 1.29 is 18.9 Å². The van der Waals surface area contributed by atoms with E-state index in [0.717, 1.165) is 19.3 Å². The predicted octanol–water partition coefficient (Wildman–Crippen LogP) is 3.53. The van der Waals surface area contributed by atoms with Crippen LogP contribution in [0.4, 0.5) is 0 Å². The molecule has 21 heavy (non-hydrogen) atoms. The average molecular weight is 294 g/mol. The van der Waals surface area contributed by atoms with Gasteiger partial charge in [-0.15, -0.1) is 0 Å². The molecule has 0 aromatic heterocycles. The van der Waals surface area contributed by atoms with Crippen molar-refractivity contribution in [3.8, 4) is 0 Å². The van der Waals surface area contributed by atoms with Gasteiger partial charge in [0.15, 0.2) is 12.1 Å². The molecule has 4 atom stereocenters. The van der Waals surface area contributed by atoms with Gasteiger partial charge in [0.1, 0.15) is 0 Å². The highest BCUT2D eigenvalue weighted by Gasteiger charge is 2.51. The van der Waals surface area contributed by atoms with Gasteiger partial charge in [-0.05, 0) is 38.3 Å². The third kappa shape index (κ3) is 2.89. The van der Waals surface area contributed by atoms with Gasteiger partial charge in [-0.3, -0.25) is 0 Å². The molecule has 0 radical (unpaired) electrons. The Labute approximate surface area is 127 Å². The topological polar surface area (TPSA) is 36.9 Å². The summed E-state index contributed by atoms with van der Waals surface area (Å²) in [6.07, 6.45) is 7.02. The molecule has 0 spiro atoms. The van der Waals surface area contributed by atoms with Crippen LogP contribution in [-0.2, 0) is 18.9 Å². The zero-order valence-corrected chi connectivity index (χ0v) is 13.4. The molecule has 4 heteroatoms. The van der Waals surface area contributed by atoms with Crippen LogP contribution in [0.1, 0.15) is 47.0 Å². The van der Waals surface area contributed by atoms with Gasteiger partial charge in [0.2, 0.25) is 0 Å². The molecule has 3 rings (SSSR count). The minimum Gasteiger partial charge on any atom is -0.472 e.